The maximum Gasteiger partial charge on any atom is 0.311 e. The molecule has 0 radical (unpaired) electrons. The third-order valence-corrected chi connectivity index (χ3v) is 4.35. The molecule has 1 atom stereocenters. The Labute approximate surface area is 161 Å². The summed E-state index contributed by atoms with van der Waals surface area (Å²) in [6, 6.07) is 9.78. The molecule has 1 saturated heterocycles. The van der Waals surface area contributed by atoms with Gasteiger partial charge >= 0.3 is 5.97 Å². The van der Waals surface area contributed by atoms with E-state index in [9.17, 15) is 19.2 Å². The number of anilines is 1. The summed E-state index contributed by atoms with van der Waals surface area (Å²) in [6.07, 6.45) is 1.58. The standard InChI is InChI=1S/C20H20N2O6/c1-13(23)21-16-6-4-14(5-7-16)18(24)12-28-20(26)15-9-19(25)22(10-15)11-17-3-2-8-27-17/h2-8,15H,9-12H2,1H3,(H,21,23)/t15-/m0/s1. The number of Topliss-reactive ketones (excluding diaryl/α,β-unsaturated/α-hetero) is 1. The molecule has 8 heteroatoms. The molecule has 3 rings (SSSR count). The first kappa shape index (κ1) is 19.3. The minimum atomic E-state index is -0.600. The number of hydrogen-bond donors (Lipinski definition) is 1. The van der Waals surface area contributed by atoms with Crippen LogP contribution >= 0.6 is 0 Å². The Hall–Kier alpha value is -3.42. The number of furan rings is 1. The highest BCUT2D eigenvalue weighted by Gasteiger charge is 2.35. The molecule has 2 amide bonds. The molecule has 2 aromatic rings. The van der Waals surface area contributed by atoms with Crippen molar-refractivity contribution in [1.29, 1.82) is 0 Å². The molecule has 1 fully saturated rings. The van der Waals surface area contributed by atoms with Gasteiger partial charge < -0.3 is 19.4 Å². The third-order valence-electron chi connectivity index (χ3n) is 4.35. The number of benzene rings is 1. The van der Waals surface area contributed by atoms with Crippen LogP contribution in [0.1, 0.15) is 29.5 Å². The topological polar surface area (TPSA) is 106 Å². The molecule has 0 saturated carbocycles. The van der Waals surface area contributed by atoms with Crippen LogP contribution in [0.5, 0.6) is 0 Å². The first-order chi connectivity index (χ1) is 13.4. The van der Waals surface area contributed by atoms with Gasteiger partial charge in [-0.1, -0.05) is 0 Å². The number of carbonyl (C=O) groups is 4. The Morgan fingerprint density at radius 1 is 1.21 bits per heavy atom. The van der Waals surface area contributed by atoms with Crippen molar-refractivity contribution in [3.63, 3.8) is 0 Å². The molecule has 0 bridgehead atoms. The number of hydrogen-bond acceptors (Lipinski definition) is 6. The second kappa shape index (κ2) is 8.51. The van der Waals surface area contributed by atoms with Gasteiger partial charge in [0.2, 0.25) is 11.8 Å². The summed E-state index contributed by atoms with van der Waals surface area (Å²) in [5.41, 5.74) is 0.936. The minimum Gasteiger partial charge on any atom is -0.467 e. The van der Waals surface area contributed by atoms with E-state index in [1.54, 1.807) is 36.4 Å². The maximum atomic E-state index is 12.2. The number of rotatable bonds is 7. The van der Waals surface area contributed by atoms with Gasteiger partial charge in [0.05, 0.1) is 18.7 Å². The molecule has 1 aromatic heterocycles. The molecule has 8 nitrogen and oxygen atoms in total. The van der Waals surface area contributed by atoms with Gasteiger partial charge in [-0.25, -0.2) is 0 Å². The molecule has 1 aliphatic rings. The van der Waals surface area contributed by atoms with Crippen LogP contribution in [0, 0.1) is 5.92 Å². The van der Waals surface area contributed by atoms with Crippen molar-refractivity contribution < 1.29 is 28.3 Å². The molecule has 2 heterocycles. The zero-order chi connectivity index (χ0) is 20.1. The largest absolute Gasteiger partial charge is 0.467 e. The average molecular weight is 384 g/mol. The van der Waals surface area contributed by atoms with Crippen molar-refractivity contribution in [1.82, 2.24) is 4.90 Å². The van der Waals surface area contributed by atoms with E-state index < -0.39 is 18.5 Å². The number of likely N-dealkylation sites (tertiary alicyclic amines) is 1. The number of esters is 1. The summed E-state index contributed by atoms with van der Waals surface area (Å²) in [4.78, 5) is 49.0. The first-order valence-corrected chi connectivity index (χ1v) is 8.80. The van der Waals surface area contributed by atoms with E-state index in [4.69, 9.17) is 9.15 Å². The zero-order valence-corrected chi connectivity index (χ0v) is 15.3. The van der Waals surface area contributed by atoms with Crippen molar-refractivity contribution >= 4 is 29.3 Å². The van der Waals surface area contributed by atoms with E-state index in [2.05, 4.69) is 5.32 Å². The smallest absolute Gasteiger partial charge is 0.311 e. The number of ether oxygens (including phenoxy) is 1. The van der Waals surface area contributed by atoms with E-state index in [1.807, 2.05) is 0 Å². The molecular weight excluding hydrogens is 364 g/mol. The normalized spacial score (nSPS) is 16.1. The lowest BCUT2D eigenvalue weighted by atomic mass is 10.1. The lowest BCUT2D eigenvalue weighted by Gasteiger charge is -2.14. The van der Waals surface area contributed by atoms with Gasteiger partial charge in [-0.2, -0.15) is 0 Å². The van der Waals surface area contributed by atoms with Crippen molar-refractivity contribution in [2.45, 2.75) is 19.9 Å². The fourth-order valence-electron chi connectivity index (χ4n) is 2.95. The monoisotopic (exact) mass is 384 g/mol. The molecule has 0 aliphatic carbocycles. The van der Waals surface area contributed by atoms with Crippen LogP contribution in [-0.2, 0) is 25.7 Å². The Morgan fingerprint density at radius 2 is 1.96 bits per heavy atom. The minimum absolute atomic E-state index is 0.0547. The van der Waals surface area contributed by atoms with Crippen LogP contribution in [0.25, 0.3) is 0 Å². The van der Waals surface area contributed by atoms with Gasteiger partial charge in [-0.05, 0) is 36.4 Å². The summed E-state index contributed by atoms with van der Waals surface area (Å²) in [5, 5.41) is 2.60. The van der Waals surface area contributed by atoms with Gasteiger partial charge in [0.25, 0.3) is 0 Å². The van der Waals surface area contributed by atoms with E-state index in [0.717, 1.165) is 0 Å². The van der Waals surface area contributed by atoms with Crippen molar-refractivity contribution in [3.05, 3.63) is 54.0 Å². The Balaban J connectivity index is 1.49. The number of carbonyl (C=O) groups excluding carboxylic acids is 4. The molecule has 146 valence electrons. The van der Waals surface area contributed by atoms with Crippen LogP contribution < -0.4 is 5.32 Å². The van der Waals surface area contributed by atoms with Gasteiger partial charge in [-0.15, -0.1) is 0 Å². The summed E-state index contributed by atoms with van der Waals surface area (Å²) in [6.45, 7) is 1.52. The number of ketones is 1. The number of nitrogens with one attached hydrogen (secondary N) is 1. The quantitative estimate of drug-likeness (QED) is 0.578. The van der Waals surface area contributed by atoms with Crippen LogP contribution in [0.2, 0.25) is 0 Å². The molecule has 1 aromatic carbocycles. The predicted octanol–water partition coefficient (Wildman–Crippen LogP) is 2.01. The second-order valence-electron chi connectivity index (χ2n) is 6.54. The fraction of sp³-hybridized carbons (Fsp3) is 0.300. The molecule has 0 unspecified atom stereocenters. The van der Waals surface area contributed by atoms with Gasteiger partial charge in [0, 0.05) is 31.1 Å². The highest BCUT2D eigenvalue weighted by molar-refractivity contribution is 5.99. The maximum absolute atomic E-state index is 12.2. The molecule has 1 N–H and O–H groups in total. The highest BCUT2D eigenvalue weighted by Crippen LogP contribution is 2.21. The van der Waals surface area contributed by atoms with Crippen LogP contribution in [0.4, 0.5) is 5.69 Å². The second-order valence-corrected chi connectivity index (χ2v) is 6.54. The molecule has 1 aliphatic heterocycles. The first-order valence-electron chi connectivity index (χ1n) is 8.80. The van der Waals surface area contributed by atoms with Crippen molar-refractivity contribution in [3.8, 4) is 0 Å². The van der Waals surface area contributed by atoms with Gasteiger partial charge in [-0.3, -0.25) is 19.2 Å². The summed E-state index contributed by atoms with van der Waals surface area (Å²) >= 11 is 0. The molecular formula is C20H20N2O6. The third kappa shape index (κ3) is 4.85. The fourth-order valence-corrected chi connectivity index (χ4v) is 2.95. The number of amides is 2. The van der Waals surface area contributed by atoms with Crippen molar-refractivity contribution in [2.75, 3.05) is 18.5 Å². The van der Waals surface area contributed by atoms with Crippen molar-refractivity contribution in [2.24, 2.45) is 5.92 Å². The van der Waals surface area contributed by atoms with E-state index in [0.29, 0.717) is 23.6 Å². The Kier molecular flexibility index (Phi) is 5.88. The summed E-state index contributed by atoms with van der Waals surface area (Å²) < 4.78 is 10.3. The average Bonchev–Trinajstić information content (AvgIpc) is 3.30. The number of nitrogens with zero attached hydrogens (tertiary/aromatic N) is 1. The SMILES string of the molecule is CC(=O)Nc1ccc(C(=O)COC(=O)[C@H]2CC(=O)N(Cc3ccco3)C2)cc1. The summed E-state index contributed by atoms with van der Waals surface area (Å²) in [5.74, 6) is -1.26. The molecule has 0 spiro atoms. The van der Waals surface area contributed by atoms with Crippen LogP contribution in [0.15, 0.2) is 47.1 Å². The van der Waals surface area contributed by atoms with Crippen LogP contribution in [0.3, 0.4) is 0 Å². The van der Waals surface area contributed by atoms with Gasteiger partial charge in [0.1, 0.15) is 5.76 Å². The predicted molar refractivity (Wildman–Crippen MR) is 98.3 cm³/mol. The summed E-state index contributed by atoms with van der Waals surface area (Å²) in [7, 11) is 0. The lowest BCUT2D eigenvalue weighted by molar-refractivity contribution is -0.147. The van der Waals surface area contributed by atoms with Crippen LogP contribution in [-0.4, -0.2) is 41.6 Å². The van der Waals surface area contributed by atoms with Gasteiger partial charge in [0.15, 0.2) is 12.4 Å². The van der Waals surface area contributed by atoms with E-state index in [-0.39, 0.29) is 30.6 Å². The van der Waals surface area contributed by atoms with E-state index >= 15 is 0 Å². The Bertz CT molecular complexity index is 873. The van der Waals surface area contributed by atoms with E-state index in [1.165, 1.54) is 18.1 Å². The lowest BCUT2D eigenvalue weighted by Crippen LogP contribution is -2.27. The Morgan fingerprint density at radius 3 is 2.61 bits per heavy atom. The molecule has 28 heavy (non-hydrogen) atoms. The zero-order valence-electron chi connectivity index (χ0n) is 15.3. The highest BCUT2D eigenvalue weighted by atomic mass is 16.5.